The highest BCUT2D eigenvalue weighted by atomic mass is 79.9. The number of benzene rings is 1. The zero-order chi connectivity index (χ0) is 11.9. The zero-order valence-corrected chi connectivity index (χ0v) is 11.3. The van der Waals surface area contributed by atoms with Crippen LogP contribution in [0.2, 0.25) is 0 Å². The Labute approximate surface area is 104 Å². The van der Waals surface area contributed by atoms with Crippen LogP contribution < -0.4 is 4.74 Å². The Morgan fingerprint density at radius 3 is 2.69 bits per heavy atom. The van der Waals surface area contributed by atoms with Crippen molar-refractivity contribution in [2.45, 2.75) is 33.3 Å². The highest BCUT2D eigenvalue weighted by molar-refractivity contribution is 9.10. The number of hydrogen-bond donors (Lipinski definition) is 0. The molecule has 0 amide bonds. The maximum atomic E-state index is 12.1. The van der Waals surface area contributed by atoms with Crippen LogP contribution in [0.4, 0.5) is 0 Å². The third-order valence-corrected chi connectivity index (χ3v) is 3.51. The molecule has 0 aromatic heterocycles. The number of carbonyl (C=O) groups excluding carboxylic acids is 1. The molecule has 0 fully saturated rings. The fourth-order valence-electron chi connectivity index (χ4n) is 1.86. The second-order valence-electron chi connectivity index (χ2n) is 5.14. The molecule has 0 spiro atoms. The Kier molecular flexibility index (Phi) is 2.82. The molecule has 2 nitrogen and oxygen atoms in total. The van der Waals surface area contributed by atoms with Crippen molar-refractivity contribution in [1.29, 1.82) is 0 Å². The highest BCUT2D eigenvalue weighted by Crippen LogP contribution is 2.36. The quantitative estimate of drug-likeness (QED) is 0.790. The molecule has 1 aliphatic rings. The lowest BCUT2D eigenvalue weighted by atomic mass is 9.86. The molecule has 1 aromatic carbocycles. The van der Waals surface area contributed by atoms with Gasteiger partial charge in [-0.2, -0.15) is 0 Å². The van der Waals surface area contributed by atoms with Crippen LogP contribution in [0, 0.1) is 5.41 Å². The minimum Gasteiger partial charge on any atom is -0.482 e. The second-order valence-corrected chi connectivity index (χ2v) is 6.00. The summed E-state index contributed by atoms with van der Waals surface area (Å²) in [6.45, 7) is 5.78. The molecule has 2 rings (SSSR count). The van der Waals surface area contributed by atoms with E-state index in [-0.39, 0.29) is 17.3 Å². The first-order valence-corrected chi connectivity index (χ1v) is 6.17. The van der Waals surface area contributed by atoms with Gasteiger partial charge in [0.15, 0.2) is 11.9 Å². The molecule has 0 saturated carbocycles. The van der Waals surface area contributed by atoms with Crippen LogP contribution in [0.5, 0.6) is 5.75 Å². The van der Waals surface area contributed by atoms with Crippen LogP contribution in [0.3, 0.4) is 0 Å². The highest BCUT2D eigenvalue weighted by Gasteiger charge is 2.36. The lowest BCUT2D eigenvalue weighted by molar-refractivity contribution is -0.132. The molecule has 86 valence electrons. The van der Waals surface area contributed by atoms with Gasteiger partial charge in [0.05, 0.1) is 0 Å². The number of fused-ring (bicyclic) bond motifs is 1. The molecule has 1 aliphatic heterocycles. The Bertz CT molecular complexity index is 432. The Morgan fingerprint density at radius 1 is 1.44 bits per heavy atom. The van der Waals surface area contributed by atoms with Crippen molar-refractivity contribution in [3.05, 3.63) is 28.2 Å². The van der Waals surface area contributed by atoms with E-state index in [1.165, 1.54) is 0 Å². The van der Waals surface area contributed by atoms with Crippen molar-refractivity contribution in [3.8, 4) is 5.75 Å². The predicted octanol–water partition coefficient (Wildman–Crippen LogP) is 3.37. The van der Waals surface area contributed by atoms with Gasteiger partial charge < -0.3 is 4.74 Å². The van der Waals surface area contributed by atoms with Gasteiger partial charge in [-0.25, -0.2) is 0 Å². The van der Waals surface area contributed by atoms with Crippen LogP contribution in [0.25, 0.3) is 0 Å². The lowest BCUT2D eigenvalue weighted by Crippen LogP contribution is -2.35. The van der Waals surface area contributed by atoms with E-state index in [1.54, 1.807) is 0 Å². The molecule has 3 heteroatoms. The molecule has 1 unspecified atom stereocenters. The van der Waals surface area contributed by atoms with E-state index in [2.05, 4.69) is 15.9 Å². The molecule has 16 heavy (non-hydrogen) atoms. The number of carbonyl (C=O) groups is 1. The molecular formula is C13H15BrO2. The van der Waals surface area contributed by atoms with E-state index in [9.17, 15) is 4.79 Å². The number of halogens is 1. The van der Waals surface area contributed by atoms with E-state index in [1.807, 2.05) is 39.0 Å². The number of ketones is 1. The van der Waals surface area contributed by atoms with E-state index >= 15 is 0 Å². The minimum atomic E-state index is -0.348. The normalized spacial score (nSPS) is 19.1. The second kappa shape index (κ2) is 3.88. The summed E-state index contributed by atoms with van der Waals surface area (Å²) in [6, 6.07) is 5.81. The summed E-state index contributed by atoms with van der Waals surface area (Å²) >= 11 is 3.48. The van der Waals surface area contributed by atoms with Gasteiger partial charge in [-0.15, -0.1) is 0 Å². The summed E-state index contributed by atoms with van der Waals surface area (Å²) in [4.78, 5) is 12.1. The van der Waals surface area contributed by atoms with Gasteiger partial charge in [0.25, 0.3) is 0 Å². The van der Waals surface area contributed by atoms with Gasteiger partial charge in [-0.3, -0.25) is 4.79 Å². The van der Waals surface area contributed by atoms with Gasteiger partial charge in [-0.1, -0.05) is 42.8 Å². The maximum absolute atomic E-state index is 12.1. The summed E-state index contributed by atoms with van der Waals surface area (Å²) in [7, 11) is 0. The van der Waals surface area contributed by atoms with E-state index < -0.39 is 0 Å². The van der Waals surface area contributed by atoms with Gasteiger partial charge in [-0.05, 0) is 12.1 Å². The number of ether oxygens (including phenoxy) is 1. The Balaban J connectivity index is 2.24. The Hall–Kier alpha value is -0.830. The third-order valence-electron chi connectivity index (χ3n) is 2.77. The van der Waals surface area contributed by atoms with Crippen molar-refractivity contribution in [2.75, 3.05) is 0 Å². The van der Waals surface area contributed by atoms with E-state index in [0.717, 1.165) is 15.8 Å². The molecule has 0 saturated heterocycles. The summed E-state index contributed by atoms with van der Waals surface area (Å²) < 4.78 is 6.72. The van der Waals surface area contributed by atoms with Crippen molar-refractivity contribution in [2.24, 2.45) is 5.41 Å². The summed E-state index contributed by atoms with van der Waals surface area (Å²) in [5, 5.41) is 0. The summed E-state index contributed by atoms with van der Waals surface area (Å²) in [5.41, 5.74) is 0.754. The van der Waals surface area contributed by atoms with Crippen molar-refractivity contribution >= 4 is 21.7 Å². The number of rotatable bonds is 1. The zero-order valence-electron chi connectivity index (χ0n) is 9.71. The molecule has 0 bridgehead atoms. The number of hydrogen-bond acceptors (Lipinski definition) is 2. The average molecular weight is 283 g/mol. The van der Waals surface area contributed by atoms with Gasteiger partial charge >= 0.3 is 0 Å². The van der Waals surface area contributed by atoms with E-state index in [4.69, 9.17) is 4.74 Å². The monoisotopic (exact) mass is 282 g/mol. The van der Waals surface area contributed by atoms with Gasteiger partial charge in [0.1, 0.15) is 5.75 Å². The smallest absolute Gasteiger partial charge is 0.178 e. The van der Waals surface area contributed by atoms with Crippen molar-refractivity contribution < 1.29 is 9.53 Å². The minimum absolute atomic E-state index is 0.163. The summed E-state index contributed by atoms with van der Waals surface area (Å²) in [6.07, 6.45) is 0.348. The largest absolute Gasteiger partial charge is 0.482 e. The first-order chi connectivity index (χ1) is 7.39. The van der Waals surface area contributed by atoms with Crippen molar-refractivity contribution in [3.63, 3.8) is 0 Å². The van der Waals surface area contributed by atoms with Crippen LogP contribution in [-0.4, -0.2) is 11.9 Å². The van der Waals surface area contributed by atoms with Gasteiger partial charge in [0, 0.05) is 21.9 Å². The predicted molar refractivity (Wildman–Crippen MR) is 66.7 cm³/mol. The summed E-state index contributed by atoms with van der Waals surface area (Å²) in [5.74, 6) is 0.993. The molecule has 0 N–H and O–H groups in total. The lowest BCUT2D eigenvalue weighted by Gasteiger charge is -2.20. The van der Waals surface area contributed by atoms with Crippen LogP contribution >= 0.6 is 15.9 Å². The molecule has 1 atom stereocenters. The fourth-order valence-corrected chi connectivity index (χ4v) is 2.37. The standard InChI is InChI=1S/C13H15BrO2/c1-13(2,3)12(15)11-7-8-9(14)5-4-6-10(8)16-11/h4-6,11H,7H2,1-3H3. The van der Waals surface area contributed by atoms with Gasteiger partial charge in [0.2, 0.25) is 0 Å². The molecule has 1 aromatic rings. The van der Waals surface area contributed by atoms with Crippen LogP contribution in [-0.2, 0) is 11.2 Å². The third kappa shape index (κ3) is 2.01. The van der Waals surface area contributed by atoms with E-state index in [0.29, 0.717) is 6.42 Å². The molecule has 0 aliphatic carbocycles. The number of Topliss-reactive ketones (excluding diaryl/α,β-unsaturated/α-hetero) is 1. The maximum Gasteiger partial charge on any atom is 0.178 e. The van der Waals surface area contributed by atoms with Crippen LogP contribution in [0.15, 0.2) is 22.7 Å². The average Bonchev–Trinajstić information content (AvgIpc) is 2.60. The van der Waals surface area contributed by atoms with Crippen molar-refractivity contribution in [1.82, 2.24) is 0 Å². The SMILES string of the molecule is CC(C)(C)C(=O)C1Cc2c(Br)cccc2O1. The molecule has 1 heterocycles. The first-order valence-electron chi connectivity index (χ1n) is 5.38. The topological polar surface area (TPSA) is 26.3 Å². The first kappa shape index (κ1) is 11.6. The van der Waals surface area contributed by atoms with Crippen LogP contribution in [0.1, 0.15) is 26.3 Å². The Morgan fingerprint density at radius 2 is 2.12 bits per heavy atom. The molecular weight excluding hydrogens is 268 g/mol. The fraction of sp³-hybridized carbons (Fsp3) is 0.462. The molecule has 0 radical (unpaired) electrons.